The van der Waals surface area contributed by atoms with Gasteiger partial charge in [0.25, 0.3) is 0 Å². The minimum atomic E-state index is 0.0627. The van der Waals surface area contributed by atoms with Crippen molar-refractivity contribution in [2.75, 3.05) is 32.7 Å². The molecule has 0 saturated heterocycles. The Bertz CT molecular complexity index is 417. The zero-order valence-corrected chi connectivity index (χ0v) is 16.1. The highest BCUT2D eigenvalue weighted by Gasteiger charge is 2.35. The fraction of sp³-hybridized carbons (Fsp3) is 0.800. The van der Waals surface area contributed by atoms with Crippen LogP contribution in [0.4, 0.5) is 0 Å². The van der Waals surface area contributed by atoms with E-state index in [0.29, 0.717) is 0 Å². The molecular formula is C20H38N3O+. The van der Waals surface area contributed by atoms with Crippen molar-refractivity contribution in [3.8, 4) is 0 Å². The molecule has 1 N–H and O–H groups in total. The fourth-order valence-corrected chi connectivity index (χ4v) is 3.44. The predicted molar refractivity (Wildman–Crippen MR) is 103 cm³/mol. The maximum Gasteiger partial charge on any atom is 0.217 e. The van der Waals surface area contributed by atoms with E-state index in [2.05, 4.69) is 31.3 Å². The molecule has 138 valence electrons. The van der Waals surface area contributed by atoms with E-state index >= 15 is 0 Å². The van der Waals surface area contributed by atoms with Crippen LogP contribution in [0.15, 0.2) is 17.1 Å². The Kier molecular flexibility index (Phi) is 10.6. The minimum Gasteiger partial charge on any atom is -0.351 e. The summed E-state index contributed by atoms with van der Waals surface area (Å²) in [5.74, 6) is 1.42. The van der Waals surface area contributed by atoms with Crippen LogP contribution in [0.25, 0.3) is 0 Å². The molecule has 0 fully saturated rings. The molecule has 1 heterocycles. The van der Waals surface area contributed by atoms with E-state index in [9.17, 15) is 4.79 Å². The molecule has 1 atom stereocenters. The van der Waals surface area contributed by atoms with Crippen molar-refractivity contribution in [2.24, 2.45) is 4.99 Å². The first-order valence-electron chi connectivity index (χ1n) is 9.94. The van der Waals surface area contributed by atoms with Gasteiger partial charge in [-0.05, 0) is 39.0 Å². The standard InChI is InChI=1S/C20H37N3O/c1-4-6-7-8-9-10-11-12-13-14-20-22-16-18-23(20,5-2)17-15-21-19(3)24/h9-10H,4-8,11-18H2,1-3H3/p+1/b10-9+. The van der Waals surface area contributed by atoms with Gasteiger partial charge >= 0.3 is 0 Å². The van der Waals surface area contributed by atoms with Crippen LogP contribution in [0.2, 0.25) is 0 Å². The monoisotopic (exact) mass is 336 g/mol. The van der Waals surface area contributed by atoms with Gasteiger partial charge in [0.05, 0.1) is 19.6 Å². The average Bonchev–Trinajstić information content (AvgIpc) is 2.96. The van der Waals surface area contributed by atoms with Gasteiger partial charge in [0.15, 0.2) is 5.84 Å². The van der Waals surface area contributed by atoms with E-state index in [1.807, 2.05) is 0 Å². The lowest BCUT2D eigenvalue weighted by molar-refractivity contribution is -0.833. The summed E-state index contributed by atoms with van der Waals surface area (Å²) in [6.07, 6.45) is 14.7. The van der Waals surface area contributed by atoms with Gasteiger partial charge < -0.3 is 5.32 Å². The molecule has 4 nitrogen and oxygen atoms in total. The number of aliphatic imine (C=N–C) groups is 1. The summed E-state index contributed by atoms with van der Waals surface area (Å²) < 4.78 is 0.979. The number of nitrogens with zero attached hydrogens (tertiary/aromatic N) is 2. The second-order valence-electron chi connectivity index (χ2n) is 6.90. The number of carbonyl (C=O) groups excluding carboxylic acids is 1. The van der Waals surface area contributed by atoms with Gasteiger partial charge in [-0.15, -0.1) is 0 Å². The maximum absolute atomic E-state index is 11.1. The molecule has 0 saturated carbocycles. The lowest BCUT2D eigenvalue weighted by Gasteiger charge is -2.33. The van der Waals surface area contributed by atoms with Crippen molar-refractivity contribution in [2.45, 2.75) is 72.1 Å². The number of nitrogens with one attached hydrogen (secondary N) is 1. The van der Waals surface area contributed by atoms with Crippen molar-refractivity contribution in [3.05, 3.63) is 12.2 Å². The van der Waals surface area contributed by atoms with Crippen molar-refractivity contribution in [1.29, 1.82) is 0 Å². The summed E-state index contributed by atoms with van der Waals surface area (Å²) in [5.41, 5.74) is 0. The SMILES string of the molecule is CCCCC/C=C/CCCCC1=NCC[N+]1(CC)CCNC(C)=O. The van der Waals surface area contributed by atoms with E-state index in [4.69, 9.17) is 4.99 Å². The second kappa shape index (κ2) is 12.2. The molecule has 24 heavy (non-hydrogen) atoms. The molecule has 1 aliphatic heterocycles. The van der Waals surface area contributed by atoms with Crippen LogP contribution >= 0.6 is 0 Å². The third kappa shape index (κ3) is 7.61. The number of hydrogen-bond donors (Lipinski definition) is 1. The van der Waals surface area contributed by atoms with Gasteiger partial charge in [-0.3, -0.25) is 9.28 Å². The van der Waals surface area contributed by atoms with Gasteiger partial charge in [0.2, 0.25) is 5.91 Å². The quantitative estimate of drug-likeness (QED) is 0.307. The number of unbranched alkanes of at least 4 members (excludes halogenated alkanes) is 5. The first kappa shape index (κ1) is 20.9. The molecule has 1 unspecified atom stereocenters. The van der Waals surface area contributed by atoms with Crippen LogP contribution in [0.3, 0.4) is 0 Å². The predicted octanol–water partition coefficient (Wildman–Crippen LogP) is 4.07. The lowest BCUT2D eigenvalue weighted by atomic mass is 10.1. The van der Waals surface area contributed by atoms with Crippen LogP contribution in [-0.4, -0.2) is 48.9 Å². The largest absolute Gasteiger partial charge is 0.351 e. The van der Waals surface area contributed by atoms with E-state index in [1.54, 1.807) is 6.92 Å². The van der Waals surface area contributed by atoms with Crippen LogP contribution < -0.4 is 5.32 Å². The van der Waals surface area contributed by atoms with Crippen molar-refractivity contribution in [1.82, 2.24) is 5.32 Å². The van der Waals surface area contributed by atoms with E-state index in [0.717, 1.165) is 43.6 Å². The summed E-state index contributed by atoms with van der Waals surface area (Å²) in [6, 6.07) is 0. The number of quaternary nitrogens is 1. The Labute approximate surface area is 149 Å². The highest BCUT2D eigenvalue weighted by molar-refractivity contribution is 5.77. The number of carbonyl (C=O) groups is 1. The molecule has 0 aromatic carbocycles. The normalized spacial score (nSPS) is 20.5. The van der Waals surface area contributed by atoms with Gasteiger partial charge in [0.1, 0.15) is 13.1 Å². The van der Waals surface area contributed by atoms with Crippen LogP contribution in [-0.2, 0) is 4.79 Å². The van der Waals surface area contributed by atoms with Gasteiger partial charge in [-0.1, -0.05) is 31.9 Å². The van der Waals surface area contributed by atoms with Gasteiger partial charge in [-0.2, -0.15) is 0 Å². The average molecular weight is 337 g/mol. The van der Waals surface area contributed by atoms with Crippen molar-refractivity contribution >= 4 is 11.7 Å². The van der Waals surface area contributed by atoms with Crippen LogP contribution in [0, 0.1) is 0 Å². The molecule has 1 rings (SSSR count). The number of likely N-dealkylation sites (N-methyl/N-ethyl adjacent to an activating group) is 1. The Morgan fingerprint density at radius 3 is 2.50 bits per heavy atom. The maximum atomic E-state index is 11.1. The molecule has 0 bridgehead atoms. The molecule has 1 aliphatic rings. The van der Waals surface area contributed by atoms with E-state index in [-0.39, 0.29) is 5.91 Å². The molecule has 0 aromatic rings. The summed E-state index contributed by atoms with van der Waals surface area (Å²) in [6.45, 7) is 10.9. The first-order chi connectivity index (χ1) is 11.6. The Morgan fingerprint density at radius 2 is 1.88 bits per heavy atom. The van der Waals surface area contributed by atoms with Crippen molar-refractivity contribution < 1.29 is 9.28 Å². The number of allylic oxidation sites excluding steroid dienone is 2. The zero-order valence-electron chi connectivity index (χ0n) is 16.1. The van der Waals surface area contributed by atoms with E-state index in [1.165, 1.54) is 50.8 Å². The Morgan fingerprint density at radius 1 is 1.17 bits per heavy atom. The Balaban J connectivity index is 2.26. The first-order valence-corrected chi connectivity index (χ1v) is 9.94. The number of amides is 1. The highest BCUT2D eigenvalue weighted by atomic mass is 16.1. The van der Waals surface area contributed by atoms with Gasteiger partial charge in [-0.25, -0.2) is 4.99 Å². The summed E-state index contributed by atoms with van der Waals surface area (Å²) in [7, 11) is 0. The summed E-state index contributed by atoms with van der Waals surface area (Å²) in [5, 5.41) is 2.94. The molecule has 0 spiro atoms. The number of hydrogen-bond acceptors (Lipinski definition) is 2. The molecule has 4 heteroatoms. The topological polar surface area (TPSA) is 41.5 Å². The van der Waals surface area contributed by atoms with Crippen LogP contribution in [0.5, 0.6) is 0 Å². The molecular weight excluding hydrogens is 298 g/mol. The smallest absolute Gasteiger partial charge is 0.217 e. The highest BCUT2D eigenvalue weighted by Crippen LogP contribution is 2.19. The molecule has 0 aliphatic carbocycles. The van der Waals surface area contributed by atoms with Crippen molar-refractivity contribution in [3.63, 3.8) is 0 Å². The molecule has 1 amide bonds. The third-order valence-corrected chi connectivity index (χ3v) is 5.05. The molecule has 0 aromatic heterocycles. The lowest BCUT2D eigenvalue weighted by Crippen LogP contribution is -2.54. The summed E-state index contributed by atoms with van der Waals surface area (Å²) in [4.78, 5) is 15.9. The third-order valence-electron chi connectivity index (χ3n) is 5.05. The zero-order chi connectivity index (χ0) is 17.7. The number of rotatable bonds is 13. The minimum absolute atomic E-state index is 0.0627. The van der Waals surface area contributed by atoms with Crippen LogP contribution in [0.1, 0.15) is 72.1 Å². The fourth-order valence-electron chi connectivity index (χ4n) is 3.44. The summed E-state index contributed by atoms with van der Waals surface area (Å²) >= 11 is 0. The Hall–Kier alpha value is -1.16. The second-order valence-corrected chi connectivity index (χ2v) is 6.90. The van der Waals surface area contributed by atoms with E-state index < -0.39 is 0 Å². The van der Waals surface area contributed by atoms with Gasteiger partial charge in [0, 0.05) is 13.3 Å². The number of amidine groups is 1. The molecule has 0 radical (unpaired) electrons.